The van der Waals surface area contributed by atoms with Crippen LogP contribution in [0.25, 0.3) is 0 Å². The fourth-order valence-electron chi connectivity index (χ4n) is 5.46. The van der Waals surface area contributed by atoms with Crippen LogP contribution in [0.2, 0.25) is 0 Å². The second-order valence-corrected chi connectivity index (χ2v) is 8.56. The first-order chi connectivity index (χ1) is 12.2. The van der Waals surface area contributed by atoms with E-state index in [1.54, 1.807) is 0 Å². The highest BCUT2D eigenvalue weighted by molar-refractivity contribution is 5.38. The van der Waals surface area contributed by atoms with Crippen molar-refractivity contribution in [3.63, 3.8) is 0 Å². The highest BCUT2D eigenvalue weighted by Gasteiger charge is 2.31. The van der Waals surface area contributed by atoms with Gasteiger partial charge in [-0.2, -0.15) is 0 Å². The van der Waals surface area contributed by atoms with Gasteiger partial charge in [-0.25, -0.2) is 0 Å². The van der Waals surface area contributed by atoms with Crippen molar-refractivity contribution in [3.8, 4) is 5.75 Å². The highest BCUT2D eigenvalue weighted by atomic mass is 16.3. The summed E-state index contributed by atoms with van der Waals surface area (Å²) in [5, 5.41) is 9.99. The number of allylic oxidation sites excluding steroid dienone is 1. The SMILES string of the molecule is C=CCc1cc(C2CCC(C3CCC(CCC)CC3)CC2)ccc1O. The summed E-state index contributed by atoms with van der Waals surface area (Å²) in [7, 11) is 0. The maximum atomic E-state index is 9.99. The van der Waals surface area contributed by atoms with Crippen molar-refractivity contribution in [2.24, 2.45) is 17.8 Å². The predicted molar refractivity (Wildman–Crippen MR) is 107 cm³/mol. The first-order valence-electron chi connectivity index (χ1n) is 10.6. The number of hydrogen-bond donors (Lipinski definition) is 1. The molecule has 0 saturated heterocycles. The van der Waals surface area contributed by atoms with Gasteiger partial charge in [-0.1, -0.05) is 50.8 Å². The summed E-state index contributed by atoms with van der Waals surface area (Å²) >= 11 is 0. The van der Waals surface area contributed by atoms with E-state index >= 15 is 0 Å². The molecule has 138 valence electrons. The molecule has 0 aromatic heterocycles. The summed E-state index contributed by atoms with van der Waals surface area (Å²) in [6, 6.07) is 6.25. The van der Waals surface area contributed by atoms with Gasteiger partial charge in [0.2, 0.25) is 0 Å². The van der Waals surface area contributed by atoms with Gasteiger partial charge < -0.3 is 5.11 Å². The zero-order valence-corrected chi connectivity index (χ0v) is 16.1. The van der Waals surface area contributed by atoms with Crippen LogP contribution in [-0.4, -0.2) is 5.11 Å². The Kier molecular flexibility index (Phi) is 6.62. The number of hydrogen-bond acceptors (Lipinski definition) is 1. The van der Waals surface area contributed by atoms with E-state index < -0.39 is 0 Å². The first-order valence-corrected chi connectivity index (χ1v) is 10.6. The van der Waals surface area contributed by atoms with Gasteiger partial charge >= 0.3 is 0 Å². The molecule has 0 heterocycles. The van der Waals surface area contributed by atoms with Gasteiger partial charge in [0.25, 0.3) is 0 Å². The van der Waals surface area contributed by atoms with E-state index in [-0.39, 0.29) is 0 Å². The summed E-state index contributed by atoms with van der Waals surface area (Å²) in [6.45, 7) is 6.14. The van der Waals surface area contributed by atoms with Crippen molar-refractivity contribution < 1.29 is 5.11 Å². The fourth-order valence-corrected chi connectivity index (χ4v) is 5.46. The second kappa shape index (κ2) is 8.92. The van der Waals surface area contributed by atoms with Crippen molar-refractivity contribution in [1.29, 1.82) is 0 Å². The van der Waals surface area contributed by atoms with Crippen LogP contribution < -0.4 is 0 Å². The molecular formula is C24H36O. The number of phenols is 1. The van der Waals surface area contributed by atoms with Crippen LogP contribution in [-0.2, 0) is 6.42 Å². The number of rotatable bonds is 6. The Balaban J connectivity index is 1.52. The van der Waals surface area contributed by atoms with E-state index in [1.165, 1.54) is 69.8 Å². The van der Waals surface area contributed by atoms with Crippen molar-refractivity contribution in [3.05, 3.63) is 42.0 Å². The van der Waals surface area contributed by atoms with Gasteiger partial charge in [0.1, 0.15) is 5.75 Å². The van der Waals surface area contributed by atoms with Crippen LogP contribution in [0.3, 0.4) is 0 Å². The molecule has 2 fully saturated rings. The topological polar surface area (TPSA) is 20.2 Å². The minimum absolute atomic E-state index is 0.418. The Morgan fingerprint density at radius 2 is 1.64 bits per heavy atom. The molecule has 0 aliphatic heterocycles. The van der Waals surface area contributed by atoms with Crippen molar-refractivity contribution >= 4 is 0 Å². The lowest BCUT2D eigenvalue weighted by Gasteiger charge is -2.38. The summed E-state index contributed by atoms with van der Waals surface area (Å²) in [5.74, 6) is 4.12. The molecule has 0 radical (unpaired) electrons. The third kappa shape index (κ3) is 4.68. The Bertz CT molecular complexity index is 545. The van der Waals surface area contributed by atoms with Crippen LogP contribution >= 0.6 is 0 Å². The Labute approximate surface area is 154 Å². The van der Waals surface area contributed by atoms with Gasteiger partial charge in [0.15, 0.2) is 0 Å². The Hall–Kier alpha value is -1.24. The lowest BCUT2D eigenvalue weighted by atomic mass is 9.68. The third-order valence-corrected chi connectivity index (χ3v) is 6.97. The Morgan fingerprint density at radius 3 is 2.24 bits per heavy atom. The number of aromatic hydroxyl groups is 1. The average molecular weight is 341 g/mol. The minimum atomic E-state index is 0.418. The molecule has 0 amide bonds. The second-order valence-electron chi connectivity index (χ2n) is 8.56. The molecule has 2 aliphatic rings. The van der Waals surface area contributed by atoms with Crippen LogP contribution in [0.1, 0.15) is 88.2 Å². The van der Waals surface area contributed by atoms with E-state index in [1.807, 2.05) is 12.1 Å². The van der Waals surface area contributed by atoms with Gasteiger partial charge in [0, 0.05) is 0 Å². The molecule has 0 atom stereocenters. The maximum Gasteiger partial charge on any atom is 0.119 e. The van der Waals surface area contributed by atoms with Crippen molar-refractivity contribution in [2.75, 3.05) is 0 Å². The first kappa shape index (κ1) is 18.5. The summed E-state index contributed by atoms with van der Waals surface area (Å²) in [5.41, 5.74) is 2.46. The Morgan fingerprint density at radius 1 is 1.00 bits per heavy atom. The maximum absolute atomic E-state index is 9.99. The molecule has 1 aromatic rings. The van der Waals surface area contributed by atoms with Crippen LogP contribution in [0, 0.1) is 17.8 Å². The smallest absolute Gasteiger partial charge is 0.119 e. The lowest BCUT2D eigenvalue weighted by molar-refractivity contribution is 0.156. The summed E-state index contributed by atoms with van der Waals surface area (Å²) in [4.78, 5) is 0. The molecule has 1 N–H and O–H groups in total. The predicted octanol–water partition coefficient (Wildman–Crippen LogP) is 7.00. The van der Waals surface area contributed by atoms with Gasteiger partial charge in [-0.05, 0) is 85.8 Å². The highest BCUT2D eigenvalue weighted by Crippen LogP contribution is 2.44. The minimum Gasteiger partial charge on any atom is -0.508 e. The van der Waals surface area contributed by atoms with Gasteiger partial charge in [-0.15, -0.1) is 6.58 Å². The van der Waals surface area contributed by atoms with Crippen molar-refractivity contribution in [1.82, 2.24) is 0 Å². The molecule has 1 heteroatoms. The van der Waals surface area contributed by atoms with E-state index in [4.69, 9.17) is 0 Å². The zero-order valence-electron chi connectivity index (χ0n) is 16.1. The van der Waals surface area contributed by atoms with E-state index in [9.17, 15) is 5.11 Å². The van der Waals surface area contributed by atoms with E-state index in [2.05, 4.69) is 25.6 Å². The molecule has 1 nitrogen and oxygen atoms in total. The summed E-state index contributed by atoms with van der Waals surface area (Å²) < 4.78 is 0. The molecule has 3 rings (SSSR count). The fraction of sp³-hybridized carbons (Fsp3) is 0.667. The van der Waals surface area contributed by atoms with Gasteiger partial charge in [-0.3, -0.25) is 0 Å². The van der Waals surface area contributed by atoms with Gasteiger partial charge in [0.05, 0.1) is 0 Å². The molecule has 0 bridgehead atoms. The monoisotopic (exact) mass is 340 g/mol. The van der Waals surface area contributed by atoms with E-state index in [0.29, 0.717) is 11.7 Å². The lowest BCUT2D eigenvalue weighted by Crippen LogP contribution is -2.25. The molecule has 25 heavy (non-hydrogen) atoms. The summed E-state index contributed by atoms with van der Waals surface area (Å²) in [6.07, 6.45) is 16.9. The number of phenolic OH excluding ortho intramolecular Hbond substituents is 1. The molecule has 0 spiro atoms. The quantitative estimate of drug-likeness (QED) is 0.553. The van der Waals surface area contributed by atoms with E-state index in [0.717, 1.165) is 29.7 Å². The molecular weight excluding hydrogens is 304 g/mol. The largest absolute Gasteiger partial charge is 0.508 e. The molecule has 2 aliphatic carbocycles. The number of benzene rings is 1. The molecule has 2 saturated carbocycles. The average Bonchev–Trinajstić information content (AvgIpc) is 2.65. The normalized spacial score (nSPS) is 30.1. The van der Waals surface area contributed by atoms with Crippen LogP contribution in [0.15, 0.2) is 30.9 Å². The van der Waals surface area contributed by atoms with Crippen LogP contribution in [0.4, 0.5) is 0 Å². The van der Waals surface area contributed by atoms with Crippen molar-refractivity contribution in [2.45, 2.75) is 83.5 Å². The standard InChI is InChI=1S/C24H36O/c1-3-5-18-7-9-19(10-8-18)20-11-13-21(14-12-20)22-15-16-24(25)23(17-22)6-4-2/h4,15-21,25H,2-3,5-14H2,1H3. The van der Waals surface area contributed by atoms with Crippen LogP contribution in [0.5, 0.6) is 5.75 Å². The zero-order chi connectivity index (χ0) is 17.6. The molecule has 0 unspecified atom stereocenters. The molecule has 1 aromatic carbocycles. The third-order valence-electron chi connectivity index (χ3n) is 6.97.